The summed E-state index contributed by atoms with van der Waals surface area (Å²) in [6.07, 6.45) is 2.74. The van der Waals surface area contributed by atoms with Crippen molar-refractivity contribution in [1.29, 1.82) is 0 Å². The molecule has 0 unspecified atom stereocenters. The molecular formula is C34H38FN5O7Si. The summed E-state index contributed by atoms with van der Waals surface area (Å²) in [6, 6.07) is 20.0. The average Bonchev–Trinajstić information content (AvgIpc) is 3.63. The van der Waals surface area contributed by atoms with Gasteiger partial charge in [0.05, 0.1) is 26.1 Å². The van der Waals surface area contributed by atoms with E-state index in [4.69, 9.17) is 29.8 Å². The van der Waals surface area contributed by atoms with E-state index in [-0.39, 0.29) is 43.2 Å². The Labute approximate surface area is 279 Å². The summed E-state index contributed by atoms with van der Waals surface area (Å²) in [6.45, 7) is 9.68. The van der Waals surface area contributed by atoms with Gasteiger partial charge >= 0.3 is 18.3 Å². The molecule has 1 fully saturated rings. The molecule has 48 heavy (non-hydrogen) atoms. The van der Waals surface area contributed by atoms with Crippen LogP contribution in [0.2, 0.25) is 5.04 Å². The number of aromatic nitrogens is 4. The Morgan fingerprint density at radius 3 is 2.25 bits per heavy atom. The summed E-state index contributed by atoms with van der Waals surface area (Å²) < 4.78 is 45.6. The van der Waals surface area contributed by atoms with Crippen molar-refractivity contribution >= 4 is 47.9 Å². The van der Waals surface area contributed by atoms with Gasteiger partial charge in [-0.25, -0.2) is 14.6 Å². The van der Waals surface area contributed by atoms with Crippen LogP contribution in [0.1, 0.15) is 47.3 Å². The molecule has 12 nitrogen and oxygen atoms in total. The van der Waals surface area contributed by atoms with Crippen LogP contribution >= 0.6 is 0 Å². The maximum absolute atomic E-state index is 14.7. The topological polar surface area (TPSA) is 136 Å². The van der Waals surface area contributed by atoms with Gasteiger partial charge in [-0.3, -0.25) is 9.88 Å². The van der Waals surface area contributed by atoms with Crippen molar-refractivity contribution in [3.8, 4) is 12.3 Å². The number of hydrogen-bond donors (Lipinski definition) is 1. The molecule has 1 N–H and O–H groups in total. The van der Waals surface area contributed by atoms with Gasteiger partial charge in [0, 0.05) is 6.42 Å². The quantitative estimate of drug-likeness (QED) is 0.107. The Bertz CT molecular complexity index is 1760. The number of hydrogen-bond acceptors (Lipinski definition) is 10. The second-order valence-electron chi connectivity index (χ2n) is 12.1. The van der Waals surface area contributed by atoms with Crippen molar-refractivity contribution in [2.24, 2.45) is 0 Å². The van der Waals surface area contributed by atoms with Crippen LogP contribution < -0.4 is 15.7 Å². The number of carbonyl (C=O) groups excluding carboxylic acids is 2. The zero-order valence-electron chi connectivity index (χ0n) is 27.4. The van der Waals surface area contributed by atoms with Crippen molar-refractivity contribution < 1.29 is 37.4 Å². The van der Waals surface area contributed by atoms with Gasteiger partial charge < -0.3 is 23.4 Å². The molecule has 3 atom stereocenters. The van der Waals surface area contributed by atoms with E-state index in [1.54, 1.807) is 13.8 Å². The summed E-state index contributed by atoms with van der Waals surface area (Å²) in [5.41, 5.74) is -1.52. The molecule has 1 aliphatic heterocycles. The molecule has 2 aromatic heterocycles. The van der Waals surface area contributed by atoms with E-state index in [0.29, 0.717) is 0 Å². The number of halogens is 1. The number of amides is 1. The van der Waals surface area contributed by atoms with Gasteiger partial charge in [0.25, 0.3) is 8.32 Å². The predicted molar refractivity (Wildman–Crippen MR) is 178 cm³/mol. The third-order valence-electron chi connectivity index (χ3n) is 8.15. The third-order valence-corrected chi connectivity index (χ3v) is 13.1. The molecule has 1 saturated heterocycles. The first-order valence-corrected chi connectivity index (χ1v) is 17.5. The van der Waals surface area contributed by atoms with Gasteiger partial charge in [-0.1, -0.05) is 87.4 Å². The van der Waals surface area contributed by atoms with E-state index in [0.717, 1.165) is 10.4 Å². The Morgan fingerprint density at radius 1 is 1.06 bits per heavy atom. The molecule has 0 saturated carbocycles. The number of nitrogens with zero attached hydrogens (tertiary/aromatic N) is 4. The fourth-order valence-electron chi connectivity index (χ4n) is 6.05. The summed E-state index contributed by atoms with van der Waals surface area (Å²) >= 11 is 0. The van der Waals surface area contributed by atoms with Crippen LogP contribution in [0.5, 0.6) is 0 Å². The first-order valence-electron chi connectivity index (χ1n) is 15.6. The van der Waals surface area contributed by atoms with Crippen LogP contribution in [0.4, 0.5) is 19.8 Å². The van der Waals surface area contributed by atoms with Crippen molar-refractivity contribution in [3.05, 3.63) is 73.1 Å². The summed E-state index contributed by atoms with van der Waals surface area (Å²) in [4.78, 5) is 36.7. The Kier molecular flexibility index (Phi) is 10.1. The first kappa shape index (κ1) is 34.5. The molecule has 3 heterocycles. The Balaban J connectivity index is 1.57. The number of rotatable bonds is 10. The lowest BCUT2D eigenvalue weighted by Gasteiger charge is -2.44. The van der Waals surface area contributed by atoms with Crippen LogP contribution in [0.3, 0.4) is 0 Å². The van der Waals surface area contributed by atoms with E-state index in [2.05, 4.69) is 47.0 Å². The molecule has 252 valence electrons. The van der Waals surface area contributed by atoms with Crippen molar-refractivity contribution in [3.63, 3.8) is 0 Å². The number of ether oxygens (including phenoxy) is 4. The number of nitrogens with one attached hydrogen (secondary N) is 1. The zero-order valence-corrected chi connectivity index (χ0v) is 28.4. The van der Waals surface area contributed by atoms with Crippen LogP contribution in [0.25, 0.3) is 11.2 Å². The third kappa shape index (κ3) is 6.62. The number of terminal acetylenes is 1. The van der Waals surface area contributed by atoms with E-state index in [1.807, 2.05) is 60.7 Å². The maximum atomic E-state index is 14.7. The lowest BCUT2D eigenvalue weighted by molar-refractivity contribution is -0.0942. The minimum atomic E-state index is -3.12. The number of anilines is 1. The summed E-state index contributed by atoms with van der Waals surface area (Å²) in [7, 11) is -3.12. The van der Waals surface area contributed by atoms with Gasteiger partial charge in [0.15, 0.2) is 28.7 Å². The molecule has 1 amide bonds. The highest BCUT2D eigenvalue weighted by atomic mass is 28.4. The molecular weight excluding hydrogens is 637 g/mol. The molecule has 2 aromatic carbocycles. The molecule has 14 heteroatoms. The fraction of sp³-hybridized carbons (Fsp3) is 0.382. The van der Waals surface area contributed by atoms with Crippen molar-refractivity contribution in [1.82, 2.24) is 19.5 Å². The number of fused-ring (bicyclic) bond motifs is 1. The molecule has 0 aliphatic carbocycles. The average molecular weight is 676 g/mol. The van der Waals surface area contributed by atoms with Crippen LogP contribution in [0, 0.1) is 18.4 Å². The van der Waals surface area contributed by atoms with Gasteiger partial charge in [-0.05, 0) is 29.3 Å². The molecule has 0 bridgehead atoms. The zero-order chi connectivity index (χ0) is 34.5. The highest BCUT2D eigenvalue weighted by Gasteiger charge is 2.56. The molecule has 5 rings (SSSR count). The van der Waals surface area contributed by atoms with E-state index < -0.39 is 49.6 Å². The van der Waals surface area contributed by atoms with Gasteiger partial charge in [-0.2, -0.15) is 14.4 Å². The van der Waals surface area contributed by atoms with E-state index in [9.17, 15) is 14.0 Å². The van der Waals surface area contributed by atoms with E-state index in [1.165, 1.54) is 10.9 Å². The van der Waals surface area contributed by atoms with Crippen LogP contribution in [-0.4, -0.2) is 71.6 Å². The highest BCUT2D eigenvalue weighted by molar-refractivity contribution is 6.99. The van der Waals surface area contributed by atoms with Gasteiger partial charge in [0.2, 0.25) is 0 Å². The van der Waals surface area contributed by atoms with Gasteiger partial charge in [-0.15, -0.1) is 6.42 Å². The lowest BCUT2D eigenvalue weighted by atomic mass is 9.99. The smallest absolute Gasteiger partial charge is 0.450 e. The largest absolute Gasteiger partial charge is 0.508 e. The molecule has 0 radical (unpaired) electrons. The standard InChI is InChI=1S/C34H38FN5O7Si/c1-7-34(21-45-48(33(4,5)6,23-16-12-10-13-17-23)24-18-14-11-15-19-24)25(46-32(42)44-9-3)20-26(47-34)40-22-36-27-28(38-31(41)43-8-2)37-30(35)39-29(27)40/h1,10-19,22,25-26H,8-9,20-21H2,2-6H3,(H,37,38,39,41)/t25-,26+,34+/m0/s1. The van der Waals surface area contributed by atoms with Gasteiger partial charge in [0.1, 0.15) is 6.23 Å². The summed E-state index contributed by atoms with van der Waals surface area (Å²) in [5.74, 6) is 2.54. The maximum Gasteiger partial charge on any atom is 0.508 e. The van der Waals surface area contributed by atoms with E-state index >= 15 is 0 Å². The molecule has 4 aromatic rings. The minimum absolute atomic E-state index is 0.00917. The Morgan fingerprint density at radius 2 is 1.69 bits per heavy atom. The Hall–Kier alpha value is -4.84. The highest BCUT2D eigenvalue weighted by Crippen LogP contribution is 2.43. The fourth-order valence-corrected chi connectivity index (χ4v) is 10.6. The van der Waals surface area contributed by atoms with Crippen LogP contribution in [0.15, 0.2) is 67.0 Å². The second-order valence-corrected chi connectivity index (χ2v) is 16.4. The normalized spacial score (nSPS) is 19.4. The molecule has 0 spiro atoms. The minimum Gasteiger partial charge on any atom is -0.450 e. The van der Waals surface area contributed by atoms with Crippen molar-refractivity contribution in [2.75, 3.05) is 25.1 Å². The van der Waals surface area contributed by atoms with Crippen molar-refractivity contribution in [2.45, 2.75) is 64.0 Å². The number of imidazole rings is 1. The second kappa shape index (κ2) is 14.1. The SMILES string of the molecule is C#C[C@]1(CO[Si](c2ccccc2)(c2ccccc2)C(C)(C)C)O[C@@H](n2cnc3c(NC(=O)OCC)nc(F)nc32)C[C@@H]1OC(=O)OCC. The number of carbonyl (C=O) groups is 2. The summed E-state index contributed by atoms with van der Waals surface area (Å²) in [5, 5.41) is 4.03. The predicted octanol–water partition coefficient (Wildman–Crippen LogP) is 4.94. The lowest BCUT2D eigenvalue weighted by Crippen LogP contribution is -2.68. The first-order chi connectivity index (χ1) is 23.0. The monoisotopic (exact) mass is 675 g/mol. The number of benzene rings is 2. The molecule has 1 aliphatic rings. The van der Waals surface area contributed by atoms with Crippen LogP contribution in [-0.2, 0) is 23.4 Å².